The highest BCUT2D eigenvalue weighted by atomic mass is 32.2. The summed E-state index contributed by atoms with van der Waals surface area (Å²) in [6, 6.07) is 13.7. The maximum atomic E-state index is 12.4. The predicted molar refractivity (Wildman–Crippen MR) is 94.1 cm³/mol. The largest absolute Gasteiger partial charge is 0.295 e. The van der Waals surface area contributed by atoms with Crippen LogP contribution in [0.5, 0.6) is 0 Å². The zero-order chi connectivity index (χ0) is 16.1. The normalized spacial score (nSPS) is 17.9. The van der Waals surface area contributed by atoms with Gasteiger partial charge in [0.1, 0.15) is 4.21 Å². The molecule has 1 fully saturated rings. The summed E-state index contributed by atoms with van der Waals surface area (Å²) in [4.78, 5) is 2.40. The molecule has 1 aliphatic heterocycles. The van der Waals surface area contributed by atoms with Gasteiger partial charge in [-0.25, -0.2) is 13.1 Å². The number of piperidine rings is 1. The van der Waals surface area contributed by atoms with Crippen molar-refractivity contribution in [2.45, 2.75) is 29.5 Å². The first-order valence-corrected chi connectivity index (χ1v) is 10.4. The van der Waals surface area contributed by atoms with Crippen LogP contribution in [0.1, 0.15) is 30.9 Å². The van der Waals surface area contributed by atoms with Crippen LogP contribution in [0.4, 0.5) is 0 Å². The van der Waals surface area contributed by atoms with Crippen LogP contribution in [0, 0.1) is 0 Å². The number of thiophene rings is 1. The smallest absolute Gasteiger partial charge is 0.250 e. The van der Waals surface area contributed by atoms with Crippen molar-refractivity contribution in [3.63, 3.8) is 0 Å². The minimum atomic E-state index is -3.42. The molecule has 1 aromatic heterocycles. The van der Waals surface area contributed by atoms with E-state index < -0.39 is 10.0 Å². The molecule has 3 rings (SSSR count). The third-order valence-corrected chi connectivity index (χ3v) is 7.06. The Hall–Kier alpha value is -1.21. The second-order valence-corrected chi connectivity index (χ2v) is 8.75. The Balaban J connectivity index is 1.76. The van der Waals surface area contributed by atoms with Crippen molar-refractivity contribution in [2.24, 2.45) is 0 Å². The van der Waals surface area contributed by atoms with Gasteiger partial charge in [0.25, 0.3) is 0 Å². The molecule has 1 N–H and O–H groups in total. The lowest BCUT2D eigenvalue weighted by Gasteiger charge is -2.35. The fraction of sp³-hybridized carbons (Fsp3) is 0.412. The molecule has 1 saturated heterocycles. The van der Waals surface area contributed by atoms with Crippen LogP contribution in [0.25, 0.3) is 0 Å². The summed E-state index contributed by atoms with van der Waals surface area (Å²) in [5.74, 6) is 0. The number of hydrogen-bond acceptors (Lipinski definition) is 4. The van der Waals surface area contributed by atoms with Gasteiger partial charge in [0, 0.05) is 12.6 Å². The van der Waals surface area contributed by atoms with Crippen molar-refractivity contribution in [3.8, 4) is 0 Å². The number of nitrogens with zero attached hydrogens (tertiary/aromatic N) is 1. The van der Waals surface area contributed by atoms with E-state index in [0.717, 1.165) is 13.1 Å². The monoisotopic (exact) mass is 350 g/mol. The molecule has 4 nitrogen and oxygen atoms in total. The van der Waals surface area contributed by atoms with Crippen LogP contribution in [0.2, 0.25) is 0 Å². The van der Waals surface area contributed by atoms with Gasteiger partial charge in [0.2, 0.25) is 10.0 Å². The minimum Gasteiger partial charge on any atom is -0.295 e. The molecule has 2 aromatic rings. The standard InChI is InChI=1S/C17H22N2O2S2/c20-23(21,17-10-7-13-22-17)18-14-16(15-8-3-1-4-9-15)19-11-5-2-6-12-19/h1,3-4,7-10,13,16,18H,2,5-6,11-12,14H2. The first kappa shape index (κ1) is 16.6. The second-order valence-electron chi connectivity index (χ2n) is 5.81. The van der Waals surface area contributed by atoms with Gasteiger partial charge in [-0.15, -0.1) is 11.3 Å². The number of benzene rings is 1. The average Bonchev–Trinajstić information content (AvgIpc) is 3.12. The van der Waals surface area contributed by atoms with E-state index in [9.17, 15) is 8.42 Å². The Morgan fingerprint density at radius 2 is 1.78 bits per heavy atom. The van der Waals surface area contributed by atoms with Crippen molar-refractivity contribution in [2.75, 3.05) is 19.6 Å². The molecule has 6 heteroatoms. The van der Waals surface area contributed by atoms with E-state index in [2.05, 4.69) is 21.8 Å². The van der Waals surface area contributed by atoms with Crippen molar-refractivity contribution in [3.05, 3.63) is 53.4 Å². The molecule has 2 heterocycles. The van der Waals surface area contributed by atoms with E-state index in [1.165, 1.54) is 36.2 Å². The number of hydrogen-bond donors (Lipinski definition) is 1. The van der Waals surface area contributed by atoms with E-state index >= 15 is 0 Å². The van der Waals surface area contributed by atoms with Crippen molar-refractivity contribution >= 4 is 21.4 Å². The van der Waals surface area contributed by atoms with E-state index in [4.69, 9.17) is 0 Å². The number of likely N-dealkylation sites (tertiary alicyclic amines) is 1. The Labute approximate surface area is 142 Å². The molecule has 1 aliphatic rings. The van der Waals surface area contributed by atoms with Gasteiger partial charge in [-0.3, -0.25) is 4.90 Å². The lowest BCUT2D eigenvalue weighted by atomic mass is 10.0. The zero-order valence-electron chi connectivity index (χ0n) is 13.0. The van der Waals surface area contributed by atoms with Gasteiger partial charge in [-0.1, -0.05) is 42.8 Å². The van der Waals surface area contributed by atoms with Crippen LogP contribution in [-0.4, -0.2) is 33.0 Å². The van der Waals surface area contributed by atoms with Gasteiger partial charge in [-0.2, -0.15) is 0 Å². The Morgan fingerprint density at radius 3 is 2.43 bits per heavy atom. The number of nitrogens with one attached hydrogen (secondary N) is 1. The maximum Gasteiger partial charge on any atom is 0.250 e. The van der Waals surface area contributed by atoms with E-state index in [1.807, 2.05) is 18.2 Å². The first-order chi connectivity index (χ1) is 11.2. The molecule has 1 atom stereocenters. The van der Waals surface area contributed by atoms with Crippen LogP contribution >= 0.6 is 11.3 Å². The van der Waals surface area contributed by atoms with E-state index in [1.54, 1.807) is 17.5 Å². The first-order valence-electron chi connectivity index (χ1n) is 7.99. The molecular formula is C17H22N2O2S2. The van der Waals surface area contributed by atoms with Crippen molar-refractivity contribution < 1.29 is 8.42 Å². The van der Waals surface area contributed by atoms with Crippen molar-refractivity contribution in [1.82, 2.24) is 9.62 Å². The van der Waals surface area contributed by atoms with Gasteiger partial charge < -0.3 is 0 Å². The third kappa shape index (κ3) is 4.20. The van der Waals surface area contributed by atoms with E-state index in [-0.39, 0.29) is 6.04 Å². The zero-order valence-corrected chi connectivity index (χ0v) is 14.7. The molecule has 0 aliphatic carbocycles. The molecule has 0 saturated carbocycles. The van der Waals surface area contributed by atoms with Gasteiger partial charge in [-0.05, 0) is 42.9 Å². The quantitative estimate of drug-likeness (QED) is 0.870. The highest BCUT2D eigenvalue weighted by Gasteiger charge is 2.24. The molecule has 23 heavy (non-hydrogen) atoms. The second kappa shape index (κ2) is 7.57. The molecule has 124 valence electrons. The Kier molecular flexibility index (Phi) is 5.48. The summed E-state index contributed by atoms with van der Waals surface area (Å²) in [6.45, 7) is 2.46. The topological polar surface area (TPSA) is 49.4 Å². The Bertz CT molecular complexity index is 693. The summed E-state index contributed by atoms with van der Waals surface area (Å²) >= 11 is 1.25. The minimum absolute atomic E-state index is 0.0891. The van der Waals surface area contributed by atoms with E-state index in [0.29, 0.717) is 10.8 Å². The van der Waals surface area contributed by atoms with Gasteiger partial charge >= 0.3 is 0 Å². The van der Waals surface area contributed by atoms with Crippen LogP contribution in [0.3, 0.4) is 0 Å². The average molecular weight is 351 g/mol. The van der Waals surface area contributed by atoms with Crippen LogP contribution in [-0.2, 0) is 10.0 Å². The molecule has 1 unspecified atom stereocenters. The maximum absolute atomic E-state index is 12.4. The molecule has 0 bridgehead atoms. The SMILES string of the molecule is O=S(=O)(NCC(c1ccccc1)N1CCCCC1)c1cccs1. The number of rotatable bonds is 6. The third-order valence-electron chi connectivity index (χ3n) is 4.24. The predicted octanol–water partition coefficient (Wildman–Crippen LogP) is 3.25. The molecule has 0 spiro atoms. The summed E-state index contributed by atoms with van der Waals surface area (Å²) in [5, 5.41) is 1.79. The molecular weight excluding hydrogens is 328 g/mol. The number of sulfonamides is 1. The molecule has 1 aromatic carbocycles. The summed E-state index contributed by atoms with van der Waals surface area (Å²) in [6.07, 6.45) is 3.63. The summed E-state index contributed by atoms with van der Waals surface area (Å²) in [7, 11) is -3.42. The summed E-state index contributed by atoms with van der Waals surface area (Å²) < 4.78 is 28.0. The Morgan fingerprint density at radius 1 is 1.04 bits per heavy atom. The van der Waals surface area contributed by atoms with Gasteiger partial charge in [0.05, 0.1) is 0 Å². The fourth-order valence-electron chi connectivity index (χ4n) is 3.04. The van der Waals surface area contributed by atoms with Crippen LogP contribution in [0.15, 0.2) is 52.1 Å². The highest BCUT2D eigenvalue weighted by molar-refractivity contribution is 7.91. The van der Waals surface area contributed by atoms with Crippen LogP contribution < -0.4 is 4.72 Å². The lowest BCUT2D eigenvalue weighted by Crippen LogP contribution is -2.40. The highest BCUT2D eigenvalue weighted by Crippen LogP contribution is 2.25. The summed E-state index contributed by atoms with van der Waals surface area (Å²) in [5.41, 5.74) is 1.17. The fourth-order valence-corrected chi connectivity index (χ4v) is 5.11. The van der Waals surface area contributed by atoms with Crippen molar-refractivity contribution in [1.29, 1.82) is 0 Å². The molecule has 0 amide bonds. The molecule has 0 radical (unpaired) electrons. The van der Waals surface area contributed by atoms with Gasteiger partial charge in [0.15, 0.2) is 0 Å². The lowest BCUT2D eigenvalue weighted by molar-refractivity contribution is 0.165.